The van der Waals surface area contributed by atoms with Crippen LogP contribution in [-0.2, 0) is 22.4 Å². The van der Waals surface area contributed by atoms with Crippen LogP contribution in [0.5, 0.6) is 5.75 Å². The largest absolute Gasteiger partial charge is 0.496 e. The zero-order chi connectivity index (χ0) is 19.6. The van der Waals surface area contributed by atoms with Gasteiger partial charge in [0, 0.05) is 39.5 Å². The lowest BCUT2D eigenvalue weighted by molar-refractivity contribution is -0.138. The summed E-state index contributed by atoms with van der Waals surface area (Å²) in [4.78, 5) is 31.7. The molecule has 0 unspecified atom stereocenters. The topological polar surface area (TPSA) is 62.7 Å². The average Bonchev–Trinajstić information content (AvgIpc) is 2.69. The highest BCUT2D eigenvalue weighted by atomic mass is 16.5. The van der Waals surface area contributed by atoms with Gasteiger partial charge in [-0.05, 0) is 42.2 Å². The van der Waals surface area contributed by atoms with Crippen molar-refractivity contribution in [3.05, 3.63) is 59.9 Å². The Morgan fingerprint density at radius 1 is 1.04 bits per heavy atom. The van der Waals surface area contributed by atoms with Crippen LogP contribution in [0.3, 0.4) is 0 Å². The number of ether oxygens (including phenoxy) is 1. The van der Waals surface area contributed by atoms with Crippen LogP contribution in [0.4, 0.5) is 0 Å². The van der Waals surface area contributed by atoms with Crippen molar-refractivity contribution >= 4 is 11.8 Å². The molecule has 1 aromatic heterocycles. The Morgan fingerprint density at radius 2 is 1.74 bits per heavy atom. The van der Waals surface area contributed by atoms with E-state index in [2.05, 4.69) is 4.98 Å². The Bertz CT molecular complexity index is 749. The fourth-order valence-corrected chi connectivity index (χ4v) is 2.77. The maximum Gasteiger partial charge on any atom is 0.241 e. The molecule has 1 aromatic carbocycles. The Labute approximate surface area is 160 Å². The molecule has 1 heterocycles. The molecule has 0 aliphatic carbocycles. The van der Waals surface area contributed by atoms with E-state index in [-0.39, 0.29) is 18.4 Å². The van der Waals surface area contributed by atoms with Crippen LogP contribution in [0.1, 0.15) is 18.1 Å². The van der Waals surface area contributed by atoms with Gasteiger partial charge in [0.1, 0.15) is 5.75 Å². The van der Waals surface area contributed by atoms with Crippen molar-refractivity contribution in [3.8, 4) is 5.75 Å². The van der Waals surface area contributed by atoms with Gasteiger partial charge in [-0.15, -0.1) is 0 Å². The molecule has 6 heteroatoms. The molecule has 0 aliphatic rings. The number of hydrogen-bond acceptors (Lipinski definition) is 4. The predicted molar refractivity (Wildman–Crippen MR) is 105 cm³/mol. The molecule has 0 saturated heterocycles. The fraction of sp³-hybridized carbons (Fsp3) is 0.381. The van der Waals surface area contributed by atoms with E-state index < -0.39 is 0 Å². The van der Waals surface area contributed by atoms with Crippen LogP contribution in [0.2, 0.25) is 0 Å². The van der Waals surface area contributed by atoms with Gasteiger partial charge >= 0.3 is 0 Å². The molecule has 0 bridgehead atoms. The summed E-state index contributed by atoms with van der Waals surface area (Å²) in [5.74, 6) is 0.613. The number of para-hydroxylation sites is 1. The van der Waals surface area contributed by atoms with Gasteiger partial charge in [0.05, 0.1) is 13.7 Å². The summed E-state index contributed by atoms with van der Waals surface area (Å²) in [7, 11) is 3.39. The van der Waals surface area contributed by atoms with Gasteiger partial charge in [0.25, 0.3) is 0 Å². The van der Waals surface area contributed by atoms with E-state index in [1.807, 2.05) is 36.4 Å². The van der Waals surface area contributed by atoms with Gasteiger partial charge in [0.15, 0.2) is 0 Å². The summed E-state index contributed by atoms with van der Waals surface area (Å²) in [5.41, 5.74) is 2.15. The monoisotopic (exact) mass is 369 g/mol. The molecule has 2 aromatic rings. The molecule has 2 amide bonds. The van der Waals surface area contributed by atoms with Crippen LogP contribution in [0.15, 0.2) is 48.8 Å². The molecule has 0 atom stereocenters. The van der Waals surface area contributed by atoms with Crippen molar-refractivity contribution < 1.29 is 14.3 Å². The first kappa shape index (κ1) is 20.4. The number of methoxy groups -OCH3 is 1. The Kier molecular flexibility index (Phi) is 7.79. The van der Waals surface area contributed by atoms with Crippen LogP contribution >= 0.6 is 0 Å². The molecule has 0 N–H and O–H groups in total. The highest BCUT2D eigenvalue weighted by molar-refractivity contribution is 5.83. The number of rotatable bonds is 9. The Balaban J connectivity index is 1.88. The van der Waals surface area contributed by atoms with Gasteiger partial charge < -0.3 is 14.5 Å². The predicted octanol–water partition coefficient (Wildman–Crippen LogP) is 2.18. The molecule has 0 spiro atoms. The number of benzene rings is 1. The third-order valence-electron chi connectivity index (χ3n) is 4.53. The molecular weight excluding hydrogens is 342 g/mol. The highest BCUT2D eigenvalue weighted by Gasteiger charge is 2.17. The van der Waals surface area contributed by atoms with Crippen LogP contribution in [0, 0.1) is 0 Å². The molecule has 6 nitrogen and oxygen atoms in total. The maximum absolute atomic E-state index is 12.5. The number of hydrogen-bond donors (Lipinski definition) is 0. The van der Waals surface area contributed by atoms with Gasteiger partial charge in [-0.3, -0.25) is 14.6 Å². The number of pyridine rings is 1. The molecule has 0 saturated carbocycles. The number of nitrogens with zero attached hydrogens (tertiary/aromatic N) is 3. The van der Waals surface area contributed by atoms with E-state index in [1.54, 1.807) is 36.4 Å². The molecular formula is C21H27N3O3. The van der Waals surface area contributed by atoms with Gasteiger partial charge in [0.2, 0.25) is 11.8 Å². The van der Waals surface area contributed by atoms with Crippen molar-refractivity contribution in [3.63, 3.8) is 0 Å². The number of likely N-dealkylation sites (N-methyl/N-ethyl adjacent to an activating group) is 1. The first-order chi connectivity index (χ1) is 13.0. The van der Waals surface area contributed by atoms with Crippen LogP contribution in [0.25, 0.3) is 0 Å². The third kappa shape index (κ3) is 6.40. The smallest absolute Gasteiger partial charge is 0.241 e. The lowest BCUT2D eigenvalue weighted by atomic mass is 10.1. The van der Waals surface area contributed by atoms with Gasteiger partial charge in [-0.1, -0.05) is 18.2 Å². The number of amides is 2. The minimum absolute atomic E-state index is 0.0701. The van der Waals surface area contributed by atoms with E-state index in [4.69, 9.17) is 4.74 Å². The van der Waals surface area contributed by atoms with E-state index in [0.717, 1.165) is 23.3 Å². The number of aromatic nitrogens is 1. The number of carbonyl (C=O) groups excluding carboxylic acids is 2. The maximum atomic E-state index is 12.5. The van der Waals surface area contributed by atoms with Crippen molar-refractivity contribution in [2.75, 3.05) is 33.8 Å². The second kappa shape index (κ2) is 10.3. The van der Waals surface area contributed by atoms with Crippen molar-refractivity contribution in [2.45, 2.75) is 19.8 Å². The van der Waals surface area contributed by atoms with Gasteiger partial charge in [-0.2, -0.15) is 0 Å². The van der Waals surface area contributed by atoms with Crippen molar-refractivity contribution in [2.24, 2.45) is 0 Å². The summed E-state index contributed by atoms with van der Waals surface area (Å²) >= 11 is 0. The van der Waals surface area contributed by atoms with E-state index in [0.29, 0.717) is 19.5 Å². The first-order valence-electron chi connectivity index (χ1n) is 9.01. The number of carbonyl (C=O) groups is 2. The second-order valence-corrected chi connectivity index (χ2v) is 6.42. The lowest BCUT2D eigenvalue weighted by Gasteiger charge is -2.24. The van der Waals surface area contributed by atoms with Crippen molar-refractivity contribution in [1.29, 1.82) is 0 Å². The first-order valence-corrected chi connectivity index (χ1v) is 9.01. The second-order valence-electron chi connectivity index (χ2n) is 6.42. The molecule has 27 heavy (non-hydrogen) atoms. The minimum Gasteiger partial charge on any atom is -0.496 e. The molecule has 0 aliphatic heterocycles. The van der Waals surface area contributed by atoms with E-state index in [9.17, 15) is 9.59 Å². The highest BCUT2D eigenvalue weighted by Crippen LogP contribution is 2.18. The normalized spacial score (nSPS) is 10.3. The Morgan fingerprint density at radius 3 is 2.41 bits per heavy atom. The van der Waals surface area contributed by atoms with Crippen LogP contribution < -0.4 is 4.74 Å². The standard InChI is InChI=1S/C21H27N3O3/c1-17(25)24(15-11-19-6-4-5-7-20(19)27-3)16-21(26)23(2)14-10-18-8-12-22-13-9-18/h4-9,12-13H,10-11,14-16H2,1-3H3. The quantitative estimate of drug-likeness (QED) is 0.680. The molecule has 0 radical (unpaired) electrons. The third-order valence-corrected chi connectivity index (χ3v) is 4.53. The average molecular weight is 369 g/mol. The summed E-state index contributed by atoms with van der Waals surface area (Å²) in [6.45, 7) is 2.64. The zero-order valence-electron chi connectivity index (χ0n) is 16.2. The van der Waals surface area contributed by atoms with E-state index in [1.165, 1.54) is 6.92 Å². The summed E-state index contributed by atoms with van der Waals surface area (Å²) in [5, 5.41) is 0. The Hall–Kier alpha value is -2.89. The molecule has 0 fully saturated rings. The SMILES string of the molecule is COc1ccccc1CCN(CC(=O)N(C)CCc1ccncc1)C(C)=O. The lowest BCUT2D eigenvalue weighted by Crippen LogP contribution is -2.42. The summed E-state index contributed by atoms with van der Waals surface area (Å²) < 4.78 is 5.35. The van der Waals surface area contributed by atoms with Crippen molar-refractivity contribution in [1.82, 2.24) is 14.8 Å². The van der Waals surface area contributed by atoms with Crippen LogP contribution in [-0.4, -0.2) is 60.4 Å². The molecule has 144 valence electrons. The molecule has 2 rings (SSSR count). The summed E-state index contributed by atoms with van der Waals surface area (Å²) in [6.07, 6.45) is 4.88. The zero-order valence-corrected chi connectivity index (χ0v) is 16.2. The minimum atomic E-state index is -0.110. The van der Waals surface area contributed by atoms with E-state index >= 15 is 0 Å². The summed E-state index contributed by atoms with van der Waals surface area (Å²) in [6, 6.07) is 11.6. The van der Waals surface area contributed by atoms with Gasteiger partial charge in [-0.25, -0.2) is 0 Å². The fourth-order valence-electron chi connectivity index (χ4n) is 2.77.